The topological polar surface area (TPSA) is 51.3 Å². The Labute approximate surface area is 125 Å². The van der Waals surface area contributed by atoms with Crippen molar-refractivity contribution < 1.29 is 4.79 Å². The number of para-hydroxylation sites is 1. The van der Waals surface area contributed by atoms with Crippen LogP contribution in [0.5, 0.6) is 0 Å². The van der Waals surface area contributed by atoms with Gasteiger partial charge < -0.3 is 15.2 Å². The molecule has 1 aliphatic heterocycles. The van der Waals surface area contributed by atoms with Crippen molar-refractivity contribution in [3.05, 3.63) is 36.0 Å². The SMILES string of the molecule is NCc1cn(CC(=O)N2CCCCCC2)c2ccccc12. The maximum absolute atomic E-state index is 12.5. The Morgan fingerprint density at radius 3 is 2.52 bits per heavy atom. The van der Waals surface area contributed by atoms with E-state index in [1.165, 1.54) is 12.8 Å². The van der Waals surface area contributed by atoms with Crippen LogP contribution in [0.2, 0.25) is 0 Å². The molecule has 0 aliphatic carbocycles. The van der Waals surface area contributed by atoms with Crippen molar-refractivity contribution in [2.45, 2.75) is 38.8 Å². The Morgan fingerprint density at radius 2 is 1.81 bits per heavy atom. The molecule has 2 N–H and O–H groups in total. The van der Waals surface area contributed by atoms with Gasteiger partial charge in [-0.3, -0.25) is 4.79 Å². The van der Waals surface area contributed by atoms with Crippen LogP contribution in [0.4, 0.5) is 0 Å². The second-order valence-corrected chi connectivity index (χ2v) is 5.80. The summed E-state index contributed by atoms with van der Waals surface area (Å²) in [4.78, 5) is 14.6. The summed E-state index contributed by atoms with van der Waals surface area (Å²) in [5, 5.41) is 1.16. The van der Waals surface area contributed by atoms with Crippen LogP contribution in [0.1, 0.15) is 31.2 Å². The first-order valence-corrected chi connectivity index (χ1v) is 7.84. The van der Waals surface area contributed by atoms with Gasteiger partial charge in [0.2, 0.25) is 5.91 Å². The zero-order valence-corrected chi connectivity index (χ0v) is 12.4. The molecule has 2 aromatic rings. The van der Waals surface area contributed by atoms with Crippen molar-refractivity contribution in [1.29, 1.82) is 0 Å². The molecule has 0 bridgehead atoms. The quantitative estimate of drug-likeness (QED) is 0.942. The van der Waals surface area contributed by atoms with E-state index in [1.807, 2.05) is 27.8 Å². The van der Waals surface area contributed by atoms with Crippen molar-refractivity contribution in [2.75, 3.05) is 13.1 Å². The first kappa shape index (κ1) is 14.1. The van der Waals surface area contributed by atoms with Crippen molar-refractivity contribution in [3.63, 3.8) is 0 Å². The fourth-order valence-electron chi connectivity index (χ4n) is 3.18. The lowest BCUT2D eigenvalue weighted by Gasteiger charge is -2.20. The zero-order chi connectivity index (χ0) is 14.7. The Morgan fingerprint density at radius 1 is 1.10 bits per heavy atom. The molecule has 0 unspecified atom stereocenters. The van der Waals surface area contributed by atoms with E-state index in [-0.39, 0.29) is 5.91 Å². The predicted molar refractivity (Wildman–Crippen MR) is 84.9 cm³/mol. The number of hydrogen-bond acceptors (Lipinski definition) is 2. The highest BCUT2D eigenvalue weighted by Crippen LogP contribution is 2.21. The van der Waals surface area contributed by atoms with Crippen LogP contribution in [-0.2, 0) is 17.9 Å². The van der Waals surface area contributed by atoms with Crippen molar-refractivity contribution in [1.82, 2.24) is 9.47 Å². The average molecular weight is 285 g/mol. The Balaban J connectivity index is 1.82. The highest BCUT2D eigenvalue weighted by Gasteiger charge is 2.17. The minimum atomic E-state index is 0.223. The molecule has 21 heavy (non-hydrogen) atoms. The first-order chi connectivity index (χ1) is 10.3. The molecule has 4 heteroatoms. The molecule has 1 fully saturated rings. The standard InChI is InChI=1S/C17H23N3O/c18-11-14-12-20(16-8-4-3-7-15(14)16)13-17(21)19-9-5-1-2-6-10-19/h3-4,7-8,12H,1-2,5-6,9-11,13,18H2. The third kappa shape index (κ3) is 2.95. The highest BCUT2D eigenvalue weighted by atomic mass is 16.2. The number of likely N-dealkylation sites (tertiary alicyclic amines) is 1. The third-order valence-electron chi connectivity index (χ3n) is 4.36. The van der Waals surface area contributed by atoms with Crippen LogP contribution in [0.25, 0.3) is 10.9 Å². The van der Waals surface area contributed by atoms with E-state index < -0.39 is 0 Å². The second-order valence-electron chi connectivity index (χ2n) is 5.80. The molecular weight excluding hydrogens is 262 g/mol. The number of carbonyl (C=O) groups excluding carboxylic acids is 1. The minimum Gasteiger partial charge on any atom is -0.341 e. The molecule has 3 rings (SSSR count). The monoisotopic (exact) mass is 285 g/mol. The molecule has 4 nitrogen and oxygen atoms in total. The fraction of sp³-hybridized carbons (Fsp3) is 0.471. The van der Waals surface area contributed by atoms with Crippen molar-refractivity contribution in [3.8, 4) is 0 Å². The number of aromatic nitrogens is 1. The van der Waals surface area contributed by atoms with Gasteiger partial charge in [0.15, 0.2) is 0 Å². The van der Waals surface area contributed by atoms with Gasteiger partial charge in [0.25, 0.3) is 0 Å². The fourth-order valence-corrected chi connectivity index (χ4v) is 3.18. The number of fused-ring (bicyclic) bond motifs is 1. The summed E-state index contributed by atoms with van der Waals surface area (Å²) in [6.45, 7) is 2.73. The summed E-state index contributed by atoms with van der Waals surface area (Å²) in [6, 6.07) is 8.16. The molecule has 0 spiro atoms. The molecule has 1 amide bonds. The molecule has 1 aromatic heterocycles. The summed E-state index contributed by atoms with van der Waals surface area (Å²) in [6.07, 6.45) is 6.78. The van der Waals surface area contributed by atoms with Gasteiger partial charge in [-0.05, 0) is 24.5 Å². The van der Waals surface area contributed by atoms with Gasteiger partial charge >= 0.3 is 0 Å². The number of rotatable bonds is 3. The number of nitrogens with zero attached hydrogens (tertiary/aromatic N) is 2. The van der Waals surface area contributed by atoms with Gasteiger partial charge in [-0.1, -0.05) is 31.0 Å². The van der Waals surface area contributed by atoms with Gasteiger partial charge in [0.1, 0.15) is 6.54 Å². The summed E-state index contributed by atoms with van der Waals surface area (Å²) in [5.41, 5.74) is 8.02. The van der Waals surface area contributed by atoms with Crippen LogP contribution < -0.4 is 5.73 Å². The maximum atomic E-state index is 12.5. The smallest absolute Gasteiger partial charge is 0.242 e. The molecule has 1 aliphatic rings. The first-order valence-electron chi connectivity index (χ1n) is 7.84. The van der Waals surface area contributed by atoms with E-state index in [2.05, 4.69) is 12.1 Å². The molecule has 112 valence electrons. The Bertz CT molecular complexity index is 624. The largest absolute Gasteiger partial charge is 0.341 e. The van der Waals surface area contributed by atoms with E-state index in [0.717, 1.165) is 42.4 Å². The molecule has 1 saturated heterocycles. The number of hydrogen-bond donors (Lipinski definition) is 1. The lowest BCUT2D eigenvalue weighted by atomic mass is 10.2. The van der Waals surface area contributed by atoms with Gasteiger partial charge in [0, 0.05) is 36.7 Å². The predicted octanol–water partition coefficient (Wildman–Crippen LogP) is 2.50. The molecule has 0 atom stereocenters. The van der Waals surface area contributed by atoms with E-state index in [9.17, 15) is 4.79 Å². The van der Waals surface area contributed by atoms with Crippen molar-refractivity contribution in [2.24, 2.45) is 5.73 Å². The van der Waals surface area contributed by atoms with E-state index in [0.29, 0.717) is 13.1 Å². The second kappa shape index (κ2) is 6.31. The minimum absolute atomic E-state index is 0.223. The van der Waals surface area contributed by atoms with Crippen LogP contribution in [-0.4, -0.2) is 28.5 Å². The lowest BCUT2D eigenvalue weighted by molar-refractivity contribution is -0.131. The molecule has 0 saturated carbocycles. The van der Waals surface area contributed by atoms with Crippen molar-refractivity contribution >= 4 is 16.8 Å². The van der Waals surface area contributed by atoms with E-state index >= 15 is 0 Å². The van der Waals surface area contributed by atoms with Crippen LogP contribution >= 0.6 is 0 Å². The molecule has 2 heterocycles. The normalized spacial score (nSPS) is 16.1. The van der Waals surface area contributed by atoms with Gasteiger partial charge in [-0.25, -0.2) is 0 Å². The van der Waals surface area contributed by atoms with Crippen LogP contribution in [0, 0.1) is 0 Å². The number of carbonyl (C=O) groups is 1. The van der Waals surface area contributed by atoms with E-state index in [4.69, 9.17) is 5.73 Å². The Hall–Kier alpha value is -1.81. The summed E-state index contributed by atoms with van der Waals surface area (Å²) < 4.78 is 2.05. The lowest BCUT2D eigenvalue weighted by Crippen LogP contribution is -2.34. The van der Waals surface area contributed by atoms with Gasteiger partial charge in [-0.2, -0.15) is 0 Å². The Kier molecular flexibility index (Phi) is 4.25. The van der Waals surface area contributed by atoms with Crippen LogP contribution in [0.3, 0.4) is 0 Å². The average Bonchev–Trinajstić information content (AvgIpc) is 2.69. The molecular formula is C17H23N3O. The van der Waals surface area contributed by atoms with Gasteiger partial charge in [-0.15, -0.1) is 0 Å². The number of amides is 1. The third-order valence-corrected chi connectivity index (χ3v) is 4.36. The van der Waals surface area contributed by atoms with E-state index in [1.54, 1.807) is 0 Å². The van der Waals surface area contributed by atoms with Crippen LogP contribution in [0.15, 0.2) is 30.5 Å². The highest BCUT2D eigenvalue weighted by molar-refractivity contribution is 5.86. The number of nitrogens with two attached hydrogens (primary N) is 1. The summed E-state index contributed by atoms with van der Waals surface area (Å²) >= 11 is 0. The molecule has 0 radical (unpaired) electrons. The maximum Gasteiger partial charge on any atom is 0.242 e. The summed E-state index contributed by atoms with van der Waals surface area (Å²) in [5.74, 6) is 0.223. The summed E-state index contributed by atoms with van der Waals surface area (Å²) in [7, 11) is 0. The molecule has 1 aromatic carbocycles. The number of benzene rings is 1. The van der Waals surface area contributed by atoms with Gasteiger partial charge in [0.05, 0.1) is 0 Å². The zero-order valence-electron chi connectivity index (χ0n) is 12.4.